The fraction of sp³-hybridized carbons (Fsp3) is 0.233. The van der Waals surface area contributed by atoms with E-state index in [1.54, 1.807) is 32.0 Å². The maximum atomic E-state index is 14.2. The lowest BCUT2D eigenvalue weighted by Crippen LogP contribution is -2.30. The predicted molar refractivity (Wildman–Crippen MR) is 152 cm³/mol. The van der Waals surface area contributed by atoms with E-state index in [1.807, 2.05) is 0 Å². The molecule has 0 bridgehead atoms. The molecule has 10 nitrogen and oxygen atoms in total. The molecule has 4 rings (SSSR count). The Labute approximate surface area is 246 Å². The molecule has 1 heterocycles. The number of ether oxygens (including phenoxy) is 2. The van der Waals surface area contributed by atoms with Crippen LogP contribution < -0.4 is 11.3 Å². The van der Waals surface area contributed by atoms with Crippen LogP contribution in [0.5, 0.6) is 5.88 Å². The molecule has 0 aliphatic carbocycles. The Kier molecular flexibility index (Phi) is 9.38. The van der Waals surface area contributed by atoms with Gasteiger partial charge in [0.1, 0.15) is 24.1 Å². The highest BCUT2D eigenvalue weighted by Gasteiger charge is 2.33. The maximum Gasteiger partial charge on any atom is 0.296 e. The number of methoxy groups -OCH3 is 1. The van der Waals surface area contributed by atoms with E-state index in [4.69, 9.17) is 15.2 Å². The lowest BCUT2D eigenvalue weighted by molar-refractivity contribution is 0.0554. The lowest BCUT2D eigenvalue weighted by atomic mass is 9.99. The number of benzene rings is 3. The van der Waals surface area contributed by atoms with Gasteiger partial charge in [0.25, 0.3) is 5.56 Å². The van der Waals surface area contributed by atoms with Crippen LogP contribution in [0.1, 0.15) is 41.6 Å². The van der Waals surface area contributed by atoms with Gasteiger partial charge in [-0.2, -0.15) is 4.98 Å². The SMILES string of the molecule is COCC(c1cc(F)cc(F)c1)n1c(COC(C)C)nc(=O)c(S(=O)(=O)c2ccc(-c3ccccc3C(N)=O)cc2)c1O. The Morgan fingerprint density at radius 3 is 2.26 bits per heavy atom. The molecule has 3 aromatic carbocycles. The van der Waals surface area contributed by atoms with Gasteiger partial charge in [0.2, 0.25) is 21.6 Å². The second kappa shape index (κ2) is 12.8. The van der Waals surface area contributed by atoms with Crippen LogP contribution in [-0.4, -0.2) is 48.8 Å². The Morgan fingerprint density at radius 2 is 1.67 bits per heavy atom. The molecule has 0 fully saturated rings. The van der Waals surface area contributed by atoms with Gasteiger partial charge in [0.05, 0.1) is 23.6 Å². The molecule has 1 aromatic heterocycles. The molecule has 0 aliphatic rings. The number of carbonyl (C=O) groups is 1. The topological polar surface area (TPSA) is 151 Å². The average molecular weight is 614 g/mol. The van der Waals surface area contributed by atoms with Gasteiger partial charge in [-0.25, -0.2) is 17.2 Å². The third kappa shape index (κ3) is 6.63. The third-order valence-electron chi connectivity index (χ3n) is 6.52. The van der Waals surface area contributed by atoms with E-state index in [0.29, 0.717) is 17.2 Å². The first-order chi connectivity index (χ1) is 20.3. The van der Waals surface area contributed by atoms with Gasteiger partial charge in [-0.1, -0.05) is 30.3 Å². The van der Waals surface area contributed by atoms with E-state index in [1.165, 1.54) is 37.4 Å². The van der Waals surface area contributed by atoms with Crippen LogP contribution in [-0.2, 0) is 25.9 Å². The highest BCUT2D eigenvalue weighted by atomic mass is 32.2. The first kappa shape index (κ1) is 31.5. The number of hydrogen-bond acceptors (Lipinski definition) is 8. The van der Waals surface area contributed by atoms with Crippen molar-refractivity contribution < 1.29 is 36.6 Å². The van der Waals surface area contributed by atoms with Crippen molar-refractivity contribution in [1.29, 1.82) is 0 Å². The molecule has 13 heteroatoms. The van der Waals surface area contributed by atoms with Crippen molar-refractivity contribution in [3.63, 3.8) is 0 Å². The fourth-order valence-electron chi connectivity index (χ4n) is 4.58. The van der Waals surface area contributed by atoms with Crippen LogP contribution in [0, 0.1) is 11.6 Å². The quantitative estimate of drug-likeness (QED) is 0.258. The van der Waals surface area contributed by atoms with Crippen molar-refractivity contribution in [3.8, 4) is 17.0 Å². The smallest absolute Gasteiger partial charge is 0.296 e. The van der Waals surface area contributed by atoms with Crippen molar-refractivity contribution in [3.05, 3.63) is 106 Å². The third-order valence-corrected chi connectivity index (χ3v) is 8.31. The highest BCUT2D eigenvalue weighted by molar-refractivity contribution is 7.91. The van der Waals surface area contributed by atoms with Gasteiger partial charge in [-0.15, -0.1) is 0 Å². The van der Waals surface area contributed by atoms with Crippen LogP contribution in [0.15, 0.2) is 81.3 Å². The number of halogens is 2. The molecule has 226 valence electrons. The molecular weight excluding hydrogens is 584 g/mol. The monoisotopic (exact) mass is 613 g/mol. The number of primary amides is 1. The van der Waals surface area contributed by atoms with Crippen molar-refractivity contribution in [2.45, 2.75) is 42.4 Å². The summed E-state index contributed by atoms with van der Waals surface area (Å²) >= 11 is 0. The summed E-state index contributed by atoms with van der Waals surface area (Å²) < 4.78 is 67.8. The molecule has 1 unspecified atom stereocenters. The Bertz CT molecular complexity index is 1800. The van der Waals surface area contributed by atoms with Crippen LogP contribution >= 0.6 is 0 Å². The molecular formula is C30H29F2N3O7S. The number of nitrogens with zero attached hydrogens (tertiary/aromatic N) is 2. The normalized spacial score (nSPS) is 12.4. The number of amides is 1. The van der Waals surface area contributed by atoms with E-state index in [9.17, 15) is 31.9 Å². The van der Waals surface area contributed by atoms with Gasteiger partial charge < -0.3 is 20.3 Å². The summed E-state index contributed by atoms with van der Waals surface area (Å²) in [7, 11) is -3.41. The summed E-state index contributed by atoms with van der Waals surface area (Å²) in [5.74, 6) is -3.72. The summed E-state index contributed by atoms with van der Waals surface area (Å²) in [5.41, 5.74) is 5.34. The van der Waals surface area contributed by atoms with Crippen molar-refractivity contribution in [1.82, 2.24) is 9.55 Å². The molecule has 43 heavy (non-hydrogen) atoms. The summed E-state index contributed by atoms with van der Waals surface area (Å²) in [6.07, 6.45) is -0.346. The number of aromatic nitrogens is 2. The van der Waals surface area contributed by atoms with E-state index in [2.05, 4.69) is 4.98 Å². The molecule has 0 spiro atoms. The van der Waals surface area contributed by atoms with Crippen molar-refractivity contribution in [2.75, 3.05) is 13.7 Å². The van der Waals surface area contributed by atoms with E-state index >= 15 is 0 Å². The van der Waals surface area contributed by atoms with Gasteiger partial charge in [-0.3, -0.25) is 14.2 Å². The van der Waals surface area contributed by atoms with Gasteiger partial charge in [0, 0.05) is 18.7 Å². The maximum absolute atomic E-state index is 14.2. The molecule has 4 aromatic rings. The Hall–Kier alpha value is -4.46. The van der Waals surface area contributed by atoms with E-state index < -0.39 is 49.8 Å². The van der Waals surface area contributed by atoms with E-state index in [0.717, 1.165) is 16.7 Å². The minimum atomic E-state index is -4.71. The van der Waals surface area contributed by atoms with Gasteiger partial charge in [0.15, 0.2) is 4.90 Å². The number of carbonyl (C=O) groups excluding carboxylic acids is 1. The van der Waals surface area contributed by atoms with Crippen LogP contribution in [0.3, 0.4) is 0 Å². The first-order valence-corrected chi connectivity index (χ1v) is 14.5. The van der Waals surface area contributed by atoms with Gasteiger partial charge >= 0.3 is 0 Å². The number of nitrogens with two attached hydrogens (primary N) is 1. The number of sulfone groups is 1. The summed E-state index contributed by atoms with van der Waals surface area (Å²) in [5, 5.41) is 11.4. The second-order valence-electron chi connectivity index (χ2n) is 9.83. The minimum absolute atomic E-state index is 0.0216. The van der Waals surface area contributed by atoms with Crippen LogP contribution in [0.4, 0.5) is 8.78 Å². The zero-order valence-corrected chi connectivity index (χ0v) is 24.3. The Morgan fingerprint density at radius 1 is 1.05 bits per heavy atom. The molecule has 3 N–H and O–H groups in total. The fourth-order valence-corrected chi connectivity index (χ4v) is 5.93. The Balaban J connectivity index is 1.90. The second-order valence-corrected chi connectivity index (χ2v) is 11.7. The molecule has 0 aliphatic heterocycles. The summed E-state index contributed by atoms with van der Waals surface area (Å²) in [6.45, 7) is 2.79. The van der Waals surface area contributed by atoms with Crippen molar-refractivity contribution >= 4 is 15.7 Å². The molecule has 1 amide bonds. The lowest BCUT2D eigenvalue weighted by Gasteiger charge is -2.26. The molecule has 1 atom stereocenters. The number of hydrogen-bond donors (Lipinski definition) is 2. The first-order valence-electron chi connectivity index (χ1n) is 13.0. The zero-order valence-electron chi connectivity index (χ0n) is 23.5. The molecule has 0 radical (unpaired) electrons. The molecule has 0 saturated heterocycles. The van der Waals surface area contributed by atoms with Crippen LogP contribution in [0.2, 0.25) is 0 Å². The standard InChI is InChI=1S/C30H29F2N3O7S/c1-17(2)42-16-26-34-29(37)27(30(38)35(26)25(15-41-3)19-12-20(31)14-21(32)13-19)43(39,40)22-10-8-18(9-11-22)23-6-4-5-7-24(23)28(33)36/h4-14,17,25,38H,15-16H2,1-3H3,(H2,33,36). The summed E-state index contributed by atoms with van der Waals surface area (Å²) in [6, 6.07) is 13.2. The summed E-state index contributed by atoms with van der Waals surface area (Å²) in [4.78, 5) is 27.6. The number of aromatic hydroxyl groups is 1. The zero-order chi connectivity index (χ0) is 31.5. The van der Waals surface area contributed by atoms with E-state index in [-0.39, 0.29) is 41.2 Å². The average Bonchev–Trinajstić information content (AvgIpc) is 2.94. The predicted octanol–water partition coefficient (Wildman–Crippen LogP) is 3.99. The van der Waals surface area contributed by atoms with Crippen molar-refractivity contribution in [2.24, 2.45) is 5.73 Å². The number of rotatable bonds is 11. The highest BCUT2D eigenvalue weighted by Crippen LogP contribution is 2.33. The van der Waals surface area contributed by atoms with Crippen LogP contribution in [0.25, 0.3) is 11.1 Å². The van der Waals surface area contributed by atoms with Gasteiger partial charge in [-0.05, 0) is 60.9 Å². The largest absolute Gasteiger partial charge is 0.493 e. The molecule has 0 saturated carbocycles. The minimum Gasteiger partial charge on any atom is -0.493 e.